The van der Waals surface area contributed by atoms with E-state index in [9.17, 15) is 35.9 Å². The summed E-state index contributed by atoms with van der Waals surface area (Å²) in [4.78, 5) is 28.5. The molecular formula is C26H33F6N3O5. The van der Waals surface area contributed by atoms with Crippen LogP contribution in [0.4, 0.5) is 36.8 Å². The predicted molar refractivity (Wildman–Crippen MR) is 130 cm³/mol. The Morgan fingerprint density at radius 2 is 1.73 bits per heavy atom. The number of halogens is 6. The minimum Gasteiger partial charge on any atom is -0.434 e. The van der Waals surface area contributed by atoms with Crippen molar-refractivity contribution in [3.8, 4) is 0 Å². The van der Waals surface area contributed by atoms with Crippen LogP contribution in [0.2, 0.25) is 0 Å². The molecule has 0 bridgehead atoms. The summed E-state index contributed by atoms with van der Waals surface area (Å²) in [5.41, 5.74) is 2.71. The number of benzene rings is 1. The Morgan fingerprint density at radius 1 is 1.05 bits per heavy atom. The molecule has 40 heavy (non-hydrogen) atoms. The Bertz CT molecular complexity index is 1060. The number of likely N-dealkylation sites (tertiary alicyclic amines) is 2. The number of hydrogen-bond donors (Lipinski definition) is 0. The molecule has 1 amide bonds. The van der Waals surface area contributed by atoms with Crippen LogP contribution in [0.25, 0.3) is 0 Å². The largest absolute Gasteiger partial charge is 0.434 e. The first-order chi connectivity index (χ1) is 18.6. The van der Waals surface area contributed by atoms with Crippen molar-refractivity contribution in [2.75, 3.05) is 44.2 Å². The van der Waals surface area contributed by atoms with E-state index in [0.717, 1.165) is 41.1 Å². The quantitative estimate of drug-likeness (QED) is 0.354. The Kier molecular flexibility index (Phi) is 8.51. The van der Waals surface area contributed by atoms with Crippen molar-refractivity contribution >= 4 is 18.3 Å². The monoisotopic (exact) mass is 581 g/mol. The van der Waals surface area contributed by atoms with Crippen molar-refractivity contribution < 1.29 is 50.1 Å². The first-order valence-electron chi connectivity index (χ1n) is 13.1. The molecule has 1 aromatic carbocycles. The standard InChI is InChI=1S/C26H33F6N3O5/c1-18-12-19(14-20(13-18)34-10-11-38-23(2,16-34)39-17-36)15-35-7-3-4-24(35)5-8-33(9-6-24)22(37)40-21(25(27,28)29)26(30,31)32/h12-14,17,21H,3-11,15-16H2,1-2H3. The topological polar surface area (TPSA) is 71.6 Å². The fourth-order valence-electron chi connectivity index (χ4n) is 5.98. The molecule has 0 saturated carbocycles. The van der Waals surface area contributed by atoms with E-state index >= 15 is 0 Å². The summed E-state index contributed by atoms with van der Waals surface area (Å²) >= 11 is 0. The first kappa shape index (κ1) is 30.2. The maximum absolute atomic E-state index is 12.8. The Hall–Kier alpha value is -2.74. The van der Waals surface area contributed by atoms with E-state index in [1.54, 1.807) is 6.92 Å². The molecule has 4 rings (SSSR count). The molecule has 1 spiro atoms. The van der Waals surface area contributed by atoms with Gasteiger partial charge in [-0.15, -0.1) is 0 Å². The van der Waals surface area contributed by atoms with E-state index in [1.165, 1.54) is 0 Å². The van der Waals surface area contributed by atoms with Gasteiger partial charge < -0.3 is 24.0 Å². The van der Waals surface area contributed by atoms with Gasteiger partial charge in [0.2, 0.25) is 5.79 Å². The number of anilines is 1. The number of aryl methyl sites for hydroxylation is 1. The molecule has 0 aromatic heterocycles. The highest BCUT2D eigenvalue weighted by Gasteiger charge is 2.60. The molecule has 1 aromatic rings. The molecule has 3 aliphatic heterocycles. The molecule has 1 unspecified atom stereocenters. The van der Waals surface area contributed by atoms with Gasteiger partial charge in [0, 0.05) is 44.3 Å². The Balaban J connectivity index is 1.41. The Labute approximate surface area is 228 Å². The third-order valence-corrected chi connectivity index (χ3v) is 7.91. The number of amides is 1. The highest BCUT2D eigenvalue weighted by atomic mass is 19.4. The van der Waals surface area contributed by atoms with Gasteiger partial charge in [-0.25, -0.2) is 4.79 Å². The van der Waals surface area contributed by atoms with E-state index in [4.69, 9.17) is 9.47 Å². The van der Waals surface area contributed by atoms with Crippen LogP contribution in [0.5, 0.6) is 0 Å². The minimum absolute atomic E-state index is 0.0000719. The molecule has 3 saturated heterocycles. The van der Waals surface area contributed by atoms with Crippen LogP contribution in [-0.4, -0.2) is 91.5 Å². The summed E-state index contributed by atoms with van der Waals surface area (Å²) in [6.45, 7) is 6.78. The lowest BCUT2D eigenvalue weighted by atomic mass is 9.85. The molecule has 3 fully saturated rings. The van der Waals surface area contributed by atoms with Gasteiger partial charge >= 0.3 is 18.4 Å². The number of piperidine rings is 1. The second kappa shape index (κ2) is 11.3. The Morgan fingerprint density at radius 3 is 2.35 bits per heavy atom. The number of nitrogens with zero attached hydrogens (tertiary/aromatic N) is 3. The van der Waals surface area contributed by atoms with Crippen LogP contribution >= 0.6 is 0 Å². The van der Waals surface area contributed by atoms with Gasteiger partial charge in [0.15, 0.2) is 0 Å². The van der Waals surface area contributed by atoms with Crippen molar-refractivity contribution in [2.45, 2.75) is 75.9 Å². The number of ether oxygens (including phenoxy) is 3. The van der Waals surface area contributed by atoms with Gasteiger partial charge in [-0.3, -0.25) is 9.69 Å². The van der Waals surface area contributed by atoms with Crippen molar-refractivity contribution in [3.05, 3.63) is 29.3 Å². The third-order valence-electron chi connectivity index (χ3n) is 7.91. The fraction of sp³-hybridized carbons (Fsp3) is 0.692. The molecule has 1 atom stereocenters. The van der Waals surface area contributed by atoms with Crippen LogP contribution < -0.4 is 4.90 Å². The molecule has 8 nitrogen and oxygen atoms in total. The zero-order valence-electron chi connectivity index (χ0n) is 22.3. The van der Waals surface area contributed by atoms with Crippen LogP contribution in [-0.2, 0) is 25.5 Å². The SMILES string of the molecule is Cc1cc(CN2CCCC23CCN(C(=O)OC(C(F)(F)F)C(F)(F)F)CC3)cc(N2CCOC(C)(OC=O)C2)c1. The van der Waals surface area contributed by atoms with Crippen molar-refractivity contribution in [2.24, 2.45) is 0 Å². The van der Waals surface area contributed by atoms with Crippen molar-refractivity contribution in [1.82, 2.24) is 9.80 Å². The number of carbonyl (C=O) groups is 2. The van der Waals surface area contributed by atoms with Crippen LogP contribution in [0.15, 0.2) is 18.2 Å². The normalized spacial score (nSPS) is 24.0. The van der Waals surface area contributed by atoms with Crippen molar-refractivity contribution in [3.63, 3.8) is 0 Å². The van der Waals surface area contributed by atoms with E-state index in [1.807, 2.05) is 13.0 Å². The molecule has 3 aliphatic rings. The molecule has 0 radical (unpaired) electrons. The number of carbonyl (C=O) groups excluding carboxylic acids is 2. The fourth-order valence-corrected chi connectivity index (χ4v) is 5.98. The lowest BCUT2D eigenvalue weighted by Crippen LogP contribution is -2.54. The summed E-state index contributed by atoms with van der Waals surface area (Å²) in [5.74, 6) is -1.06. The smallest absolute Gasteiger partial charge is 0.434 e. The zero-order chi connectivity index (χ0) is 29.3. The highest BCUT2D eigenvalue weighted by Crippen LogP contribution is 2.41. The summed E-state index contributed by atoms with van der Waals surface area (Å²) in [6, 6.07) is 6.17. The maximum Gasteiger partial charge on any atom is 0.434 e. The lowest BCUT2D eigenvalue weighted by molar-refractivity contribution is -0.308. The second-order valence-electron chi connectivity index (χ2n) is 10.9. The average Bonchev–Trinajstić information content (AvgIpc) is 3.22. The van der Waals surface area contributed by atoms with Gasteiger partial charge in [-0.1, -0.05) is 6.07 Å². The van der Waals surface area contributed by atoms with Crippen molar-refractivity contribution in [1.29, 1.82) is 0 Å². The highest BCUT2D eigenvalue weighted by molar-refractivity contribution is 5.68. The summed E-state index contributed by atoms with van der Waals surface area (Å²) in [5, 5.41) is 0. The predicted octanol–water partition coefficient (Wildman–Crippen LogP) is 4.78. The minimum atomic E-state index is -5.75. The average molecular weight is 582 g/mol. The molecule has 224 valence electrons. The second-order valence-corrected chi connectivity index (χ2v) is 10.9. The van der Waals surface area contributed by atoms with E-state index in [-0.39, 0.29) is 18.6 Å². The number of hydrogen-bond acceptors (Lipinski definition) is 7. The van der Waals surface area contributed by atoms with Gasteiger partial charge in [0.05, 0.1) is 13.2 Å². The van der Waals surface area contributed by atoms with Gasteiger partial charge in [0.1, 0.15) is 0 Å². The number of alkyl halides is 6. The van der Waals surface area contributed by atoms with Crippen LogP contribution in [0, 0.1) is 6.92 Å². The molecule has 14 heteroatoms. The van der Waals surface area contributed by atoms with E-state index < -0.39 is 30.3 Å². The van der Waals surface area contributed by atoms with Gasteiger partial charge in [0.25, 0.3) is 12.6 Å². The van der Waals surface area contributed by atoms with E-state index in [2.05, 4.69) is 26.7 Å². The number of rotatable bonds is 6. The summed E-state index contributed by atoms with van der Waals surface area (Å²) in [7, 11) is 0. The van der Waals surface area contributed by atoms with Gasteiger partial charge in [-0.2, -0.15) is 26.3 Å². The zero-order valence-corrected chi connectivity index (χ0v) is 22.3. The summed E-state index contributed by atoms with van der Waals surface area (Å²) in [6.07, 6.45) is -14.7. The first-order valence-corrected chi connectivity index (χ1v) is 13.1. The van der Waals surface area contributed by atoms with E-state index in [0.29, 0.717) is 45.6 Å². The molecule has 0 aliphatic carbocycles. The molecule has 0 N–H and O–H groups in total. The number of morpholine rings is 1. The summed E-state index contributed by atoms with van der Waals surface area (Å²) < 4.78 is 91.7. The third kappa shape index (κ3) is 6.76. The lowest BCUT2D eigenvalue weighted by Gasteiger charge is -2.45. The maximum atomic E-state index is 12.8. The van der Waals surface area contributed by atoms with Crippen LogP contribution in [0.3, 0.4) is 0 Å². The molecule has 3 heterocycles. The molecular weight excluding hydrogens is 548 g/mol. The van der Waals surface area contributed by atoms with Gasteiger partial charge in [-0.05, 0) is 62.4 Å². The van der Waals surface area contributed by atoms with Crippen LogP contribution in [0.1, 0.15) is 43.7 Å².